The predicted octanol–water partition coefficient (Wildman–Crippen LogP) is 2.42. The molecule has 96 valence electrons. The molecule has 0 aromatic heterocycles. The Kier molecular flexibility index (Phi) is 4.14. The minimum absolute atomic E-state index is 0.0218. The topological polar surface area (TPSA) is 52.3 Å². The third-order valence-electron chi connectivity index (χ3n) is 2.12. The first-order valence-electron chi connectivity index (χ1n) is 5.45. The zero-order valence-electron chi connectivity index (χ0n) is 10.9. The molecule has 0 aliphatic rings. The highest BCUT2D eigenvalue weighted by molar-refractivity contribution is 6.83. The van der Waals surface area contributed by atoms with E-state index in [1.54, 1.807) is 0 Å². The van der Waals surface area contributed by atoms with E-state index in [1.807, 2.05) is 0 Å². The molecule has 0 fully saturated rings. The summed E-state index contributed by atoms with van der Waals surface area (Å²) in [6.07, 6.45) is 0. The van der Waals surface area contributed by atoms with Crippen LogP contribution >= 0.6 is 0 Å². The van der Waals surface area contributed by atoms with E-state index < -0.39 is 19.9 Å². The summed E-state index contributed by atoms with van der Waals surface area (Å²) >= 11 is 0. The molecule has 18 heavy (non-hydrogen) atoms. The average Bonchev–Trinajstić information content (AvgIpc) is 2.27. The number of esters is 1. The van der Waals surface area contributed by atoms with Crippen LogP contribution in [0, 0.1) is 17.3 Å². The first kappa shape index (κ1) is 14.3. The zero-order valence-corrected chi connectivity index (χ0v) is 11.9. The van der Waals surface area contributed by atoms with Gasteiger partial charge < -0.3 is 10.5 Å². The fourth-order valence-corrected chi connectivity index (χ4v) is 1.74. The number of nitrogen functional groups attached to an aromatic ring is 1. The van der Waals surface area contributed by atoms with Crippen molar-refractivity contribution in [1.29, 1.82) is 0 Å². The summed E-state index contributed by atoms with van der Waals surface area (Å²) in [7, 11) is -0.362. The first-order valence-corrected chi connectivity index (χ1v) is 8.95. The summed E-state index contributed by atoms with van der Waals surface area (Å²) in [5.74, 6) is 1.57. The third kappa shape index (κ3) is 3.60. The Bertz CT molecular complexity index is 538. The number of ether oxygens (including phenoxy) is 1. The zero-order chi connectivity index (χ0) is 13.9. The Morgan fingerprint density at radius 1 is 1.39 bits per heavy atom. The van der Waals surface area contributed by atoms with Crippen LogP contribution in [0.1, 0.15) is 15.9 Å². The summed E-state index contributed by atoms with van der Waals surface area (Å²) in [4.78, 5) is 11.3. The molecule has 0 amide bonds. The lowest BCUT2D eigenvalue weighted by Crippen LogP contribution is -2.16. The molecule has 3 nitrogen and oxygen atoms in total. The van der Waals surface area contributed by atoms with Crippen LogP contribution in [0.3, 0.4) is 0 Å². The molecule has 0 atom stereocenters. The van der Waals surface area contributed by atoms with Gasteiger partial charge in [0, 0.05) is 5.69 Å². The molecule has 0 saturated carbocycles. The van der Waals surface area contributed by atoms with Crippen molar-refractivity contribution in [3.8, 4) is 11.5 Å². The van der Waals surface area contributed by atoms with Gasteiger partial charge in [0.2, 0.25) is 0 Å². The van der Waals surface area contributed by atoms with Crippen molar-refractivity contribution >= 4 is 19.7 Å². The Balaban J connectivity index is 3.22. The number of methoxy groups -OCH3 is 1. The van der Waals surface area contributed by atoms with Crippen molar-refractivity contribution in [2.75, 3.05) is 12.8 Å². The number of anilines is 1. The van der Waals surface area contributed by atoms with Gasteiger partial charge in [-0.05, 0) is 12.1 Å². The summed E-state index contributed by atoms with van der Waals surface area (Å²) in [6, 6.07) is 2.43. The van der Waals surface area contributed by atoms with Gasteiger partial charge in [-0.15, -0.1) is 5.54 Å². The minimum Gasteiger partial charge on any atom is -0.465 e. The van der Waals surface area contributed by atoms with Gasteiger partial charge in [0.05, 0.1) is 18.2 Å². The predicted molar refractivity (Wildman–Crippen MR) is 72.4 cm³/mol. The molecule has 0 aliphatic heterocycles. The molecule has 0 saturated heterocycles. The summed E-state index contributed by atoms with van der Waals surface area (Å²) in [5.41, 5.74) is 9.13. The van der Waals surface area contributed by atoms with E-state index in [2.05, 4.69) is 35.8 Å². The maximum absolute atomic E-state index is 13.8. The Morgan fingerprint density at radius 2 is 2.00 bits per heavy atom. The van der Waals surface area contributed by atoms with Gasteiger partial charge >= 0.3 is 5.97 Å². The standard InChI is InChI=1S/C13H16FNO2Si/c1-17-13(16)10-8-11(14)9(7-12(10)15)5-6-18(2,3)4/h7-8H,15H2,1-4H3. The first-order chi connectivity index (χ1) is 8.24. The van der Waals surface area contributed by atoms with Gasteiger partial charge in [-0.25, -0.2) is 9.18 Å². The Hall–Kier alpha value is -1.80. The van der Waals surface area contributed by atoms with Gasteiger partial charge in [-0.1, -0.05) is 25.6 Å². The fourth-order valence-electron chi connectivity index (χ4n) is 1.23. The smallest absolute Gasteiger partial charge is 0.340 e. The van der Waals surface area contributed by atoms with Crippen LogP contribution in [0.15, 0.2) is 12.1 Å². The quantitative estimate of drug-likeness (QED) is 0.367. The minimum atomic E-state index is -1.58. The molecule has 0 aliphatic carbocycles. The van der Waals surface area contributed by atoms with Crippen LogP contribution in [0.4, 0.5) is 10.1 Å². The lowest BCUT2D eigenvalue weighted by atomic mass is 10.1. The normalized spacial score (nSPS) is 10.5. The molecule has 5 heteroatoms. The van der Waals surface area contributed by atoms with Crippen LogP contribution in [0.5, 0.6) is 0 Å². The van der Waals surface area contributed by atoms with Gasteiger partial charge in [0.25, 0.3) is 0 Å². The van der Waals surface area contributed by atoms with Gasteiger partial charge in [0.15, 0.2) is 0 Å². The molecular weight excluding hydrogens is 249 g/mol. The number of halogens is 1. The van der Waals surface area contributed by atoms with Crippen molar-refractivity contribution in [2.24, 2.45) is 0 Å². The van der Waals surface area contributed by atoms with Crippen molar-refractivity contribution in [3.63, 3.8) is 0 Å². The molecule has 1 aromatic rings. The largest absolute Gasteiger partial charge is 0.465 e. The lowest BCUT2D eigenvalue weighted by molar-refractivity contribution is 0.0601. The maximum Gasteiger partial charge on any atom is 0.340 e. The van der Waals surface area contributed by atoms with Crippen LogP contribution in [0.25, 0.3) is 0 Å². The van der Waals surface area contributed by atoms with Crippen LogP contribution in [-0.2, 0) is 4.74 Å². The number of hydrogen-bond donors (Lipinski definition) is 1. The number of carbonyl (C=O) groups excluding carboxylic acids is 1. The van der Waals surface area contributed by atoms with E-state index in [0.717, 1.165) is 6.07 Å². The number of rotatable bonds is 1. The molecule has 0 radical (unpaired) electrons. The molecule has 0 bridgehead atoms. The molecule has 0 unspecified atom stereocenters. The van der Waals surface area contributed by atoms with E-state index in [4.69, 9.17) is 5.73 Å². The van der Waals surface area contributed by atoms with Crippen molar-refractivity contribution in [3.05, 3.63) is 29.1 Å². The Labute approximate surface area is 107 Å². The van der Waals surface area contributed by atoms with Crippen molar-refractivity contribution in [1.82, 2.24) is 0 Å². The number of benzene rings is 1. The highest BCUT2D eigenvalue weighted by Crippen LogP contribution is 2.18. The molecule has 1 aromatic carbocycles. The highest BCUT2D eigenvalue weighted by atomic mass is 28.3. The maximum atomic E-state index is 13.8. The SMILES string of the molecule is COC(=O)c1cc(F)c(C#C[Si](C)(C)C)cc1N. The fraction of sp³-hybridized carbons (Fsp3) is 0.308. The second kappa shape index (κ2) is 5.23. The van der Waals surface area contributed by atoms with Crippen molar-refractivity contribution < 1.29 is 13.9 Å². The van der Waals surface area contributed by atoms with Gasteiger partial charge in [-0.2, -0.15) is 0 Å². The van der Waals surface area contributed by atoms with Crippen LogP contribution in [-0.4, -0.2) is 21.2 Å². The van der Waals surface area contributed by atoms with E-state index >= 15 is 0 Å². The van der Waals surface area contributed by atoms with Crippen LogP contribution < -0.4 is 5.73 Å². The van der Waals surface area contributed by atoms with Gasteiger partial charge in [0.1, 0.15) is 13.9 Å². The average molecular weight is 265 g/mol. The molecular formula is C13H16FNO2Si. The summed E-state index contributed by atoms with van der Waals surface area (Å²) in [6.45, 7) is 6.18. The van der Waals surface area contributed by atoms with Crippen LogP contribution in [0.2, 0.25) is 19.6 Å². The summed E-state index contributed by atoms with van der Waals surface area (Å²) < 4.78 is 18.3. The molecule has 0 heterocycles. The highest BCUT2D eigenvalue weighted by Gasteiger charge is 2.14. The second-order valence-electron chi connectivity index (χ2n) is 4.91. The lowest BCUT2D eigenvalue weighted by Gasteiger charge is -2.06. The van der Waals surface area contributed by atoms with E-state index in [1.165, 1.54) is 13.2 Å². The third-order valence-corrected chi connectivity index (χ3v) is 2.99. The Morgan fingerprint density at radius 3 is 2.50 bits per heavy atom. The number of hydrogen-bond acceptors (Lipinski definition) is 3. The van der Waals surface area contributed by atoms with E-state index in [9.17, 15) is 9.18 Å². The molecule has 1 rings (SSSR count). The molecule has 0 spiro atoms. The monoisotopic (exact) mass is 265 g/mol. The van der Waals surface area contributed by atoms with E-state index in [0.29, 0.717) is 0 Å². The van der Waals surface area contributed by atoms with Crippen molar-refractivity contribution in [2.45, 2.75) is 19.6 Å². The number of nitrogens with two attached hydrogens (primary N) is 1. The second-order valence-corrected chi connectivity index (χ2v) is 9.66. The summed E-state index contributed by atoms with van der Waals surface area (Å²) in [5, 5.41) is 0. The number of carbonyl (C=O) groups is 1. The van der Waals surface area contributed by atoms with Gasteiger partial charge in [-0.3, -0.25) is 0 Å². The van der Waals surface area contributed by atoms with E-state index in [-0.39, 0.29) is 16.8 Å². The molecule has 2 N–H and O–H groups in total.